The summed E-state index contributed by atoms with van der Waals surface area (Å²) in [6, 6.07) is 8.46. The molecule has 0 spiro atoms. The van der Waals surface area contributed by atoms with Gasteiger partial charge in [-0.1, -0.05) is 36.9 Å². The van der Waals surface area contributed by atoms with Gasteiger partial charge in [-0.2, -0.15) is 0 Å². The molecule has 1 aromatic carbocycles. The summed E-state index contributed by atoms with van der Waals surface area (Å²) in [6.07, 6.45) is 4.44. The van der Waals surface area contributed by atoms with Crippen molar-refractivity contribution in [2.45, 2.75) is 0 Å². The zero-order chi connectivity index (χ0) is 14.1. The van der Waals surface area contributed by atoms with Gasteiger partial charge in [-0.25, -0.2) is 4.79 Å². The van der Waals surface area contributed by atoms with E-state index in [-0.39, 0.29) is 6.54 Å². The summed E-state index contributed by atoms with van der Waals surface area (Å²) in [4.78, 5) is 34.6. The first-order chi connectivity index (χ1) is 9.19. The van der Waals surface area contributed by atoms with Gasteiger partial charge >= 0.3 is 6.03 Å². The van der Waals surface area contributed by atoms with Gasteiger partial charge in [0.25, 0.3) is 5.91 Å². The Morgan fingerprint density at radius 2 is 1.95 bits per heavy atom. The van der Waals surface area contributed by atoms with Crippen LogP contribution in [0.1, 0.15) is 5.56 Å². The number of aldehydes is 1. The number of imide groups is 1. The third-order valence-electron chi connectivity index (χ3n) is 2.21. The van der Waals surface area contributed by atoms with Crippen LogP contribution in [0.3, 0.4) is 0 Å². The van der Waals surface area contributed by atoms with Gasteiger partial charge in [0, 0.05) is 6.08 Å². The number of rotatable bonds is 5. The van der Waals surface area contributed by atoms with Gasteiger partial charge < -0.3 is 10.1 Å². The van der Waals surface area contributed by atoms with Crippen molar-refractivity contribution in [2.75, 3.05) is 6.54 Å². The Kier molecular flexibility index (Phi) is 5.75. The zero-order valence-electron chi connectivity index (χ0n) is 10.3. The fraction of sp³-hybridized carbons (Fsp3) is 0.0714. The largest absolute Gasteiger partial charge is 0.328 e. The topological polar surface area (TPSA) is 66.5 Å². The summed E-state index contributed by atoms with van der Waals surface area (Å²) < 4.78 is 0. The van der Waals surface area contributed by atoms with E-state index in [0.717, 1.165) is 16.7 Å². The Morgan fingerprint density at radius 3 is 2.53 bits per heavy atom. The number of nitrogens with one attached hydrogen (secondary N) is 1. The molecule has 1 rings (SSSR count). The molecular formula is C14H14N2O3. The van der Waals surface area contributed by atoms with E-state index < -0.39 is 11.9 Å². The number of nitrogens with zero attached hydrogens (tertiary/aromatic N) is 1. The lowest BCUT2D eigenvalue weighted by atomic mass is 10.2. The molecule has 3 amide bonds. The van der Waals surface area contributed by atoms with Crippen molar-refractivity contribution in [1.29, 1.82) is 0 Å². The SMILES string of the molecule is C=CNC(=O)N(CC=O)C(=O)C=Cc1ccccc1. The molecule has 0 saturated heterocycles. The number of benzene rings is 1. The Balaban J connectivity index is 2.77. The van der Waals surface area contributed by atoms with Crippen molar-refractivity contribution in [3.63, 3.8) is 0 Å². The minimum atomic E-state index is -0.690. The van der Waals surface area contributed by atoms with Crippen LogP contribution >= 0.6 is 0 Å². The Bertz CT molecular complexity index is 495. The lowest BCUT2D eigenvalue weighted by Gasteiger charge is -2.15. The van der Waals surface area contributed by atoms with Crippen LogP contribution in [0.4, 0.5) is 4.79 Å². The normalized spacial score (nSPS) is 9.89. The van der Waals surface area contributed by atoms with Crippen molar-refractivity contribution in [2.24, 2.45) is 0 Å². The maximum atomic E-state index is 11.8. The molecule has 1 aromatic rings. The van der Waals surface area contributed by atoms with Gasteiger partial charge in [-0.05, 0) is 17.8 Å². The van der Waals surface area contributed by atoms with Crippen molar-refractivity contribution in [3.05, 3.63) is 54.8 Å². The summed E-state index contributed by atoms with van der Waals surface area (Å²) in [7, 11) is 0. The quantitative estimate of drug-likeness (QED) is 0.644. The molecule has 5 nitrogen and oxygen atoms in total. The Hall–Kier alpha value is -2.69. The molecule has 1 N–H and O–H groups in total. The molecular weight excluding hydrogens is 244 g/mol. The lowest BCUT2D eigenvalue weighted by Crippen LogP contribution is -2.42. The van der Waals surface area contributed by atoms with Crippen molar-refractivity contribution in [3.8, 4) is 0 Å². The van der Waals surface area contributed by atoms with Gasteiger partial charge in [0.1, 0.15) is 6.29 Å². The zero-order valence-corrected chi connectivity index (χ0v) is 10.3. The molecule has 0 bridgehead atoms. The van der Waals surface area contributed by atoms with E-state index >= 15 is 0 Å². The number of carbonyl (C=O) groups is 3. The molecule has 0 heterocycles. The first-order valence-electron chi connectivity index (χ1n) is 5.58. The molecule has 0 aliphatic carbocycles. The Morgan fingerprint density at radius 1 is 1.26 bits per heavy atom. The summed E-state index contributed by atoms with van der Waals surface area (Å²) in [6.45, 7) is 3.01. The first kappa shape index (κ1) is 14.4. The standard InChI is InChI=1S/C14H14N2O3/c1-2-15-14(19)16(10-11-17)13(18)9-8-12-6-4-3-5-7-12/h2-9,11H,1,10H2,(H,15,19). The van der Waals surface area contributed by atoms with Crippen LogP contribution in [-0.4, -0.2) is 29.7 Å². The van der Waals surface area contributed by atoms with Crippen LogP contribution in [0.25, 0.3) is 6.08 Å². The molecule has 0 aliphatic heterocycles. The predicted octanol–water partition coefficient (Wildman–Crippen LogP) is 1.58. The van der Waals surface area contributed by atoms with Crippen molar-refractivity contribution in [1.82, 2.24) is 10.2 Å². The highest BCUT2D eigenvalue weighted by atomic mass is 16.2. The fourth-order valence-corrected chi connectivity index (χ4v) is 1.33. The number of hydrogen-bond acceptors (Lipinski definition) is 3. The highest BCUT2D eigenvalue weighted by Gasteiger charge is 2.17. The number of carbonyl (C=O) groups excluding carboxylic acids is 3. The van der Waals surface area contributed by atoms with E-state index in [0.29, 0.717) is 6.29 Å². The molecule has 0 aliphatic rings. The van der Waals surface area contributed by atoms with Crippen LogP contribution in [0.2, 0.25) is 0 Å². The van der Waals surface area contributed by atoms with Crippen LogP contribution in [0, 0.1) is 0 Å². The van der Waals surface area contributed by atoms with Crippen LogP contribution in [-0.2, 0) is 9.59 Å². The number of amides is 3. The average Bonchev–Trinajstić information content (AvgIpc) is 2.43. The molecule has 0 atom stereocenters. The van der Waals surface area contributed by atoms with E-state index in [1.807, 2.05) is 30.3 Å². The molecule has 98 valence electrons. The third-order valence-corrected chi connectivity index (χ3v) is 2.21. The molecule has 0 radical (unpaired) electrons. The van der Waals surface area contributed by atoms with E-state index in [9.17, 15) is 14.4 Å². The molecule has 0 fully saturated rings. The van der Waals surface area contributed by atoms with E-state index in [1.165, 1.54) is 6.08 Å². The van der Waals surface area contributed by atoms with Crippen molar-refractivity contribution >= 4 is 24.3 Å². The lowest BCUT2D eigenvalue weighted by molar-refractivity contribution is -0.125. The Labute approximate surface area is 111 Å². The van der Waals surface area contributed by atoms with Crippen molar-refractivity contribution < 1.29 is 14.4 Å². The minimum absolute atomic E-state index is 0.308. The summed E-state index contributed by atoms with van der Waals surface area (Å²) in [5.74, 6) is -0.574. The molecule has 0 unspecified atom stereocenters. The van der Waals surface area contributed by atoms with E-state index in [4.69, 9.17) is 0 Å². The van der Waals surface area contributed by atoms with Gasteiger partial charge in [-0.3, -0.25) is 9.69 Å². The maximum absolute atomic E-state index is 11.8. The minimum Gasteiger partial charge on any atom is -0.315 e. The van der Waals surface area contributed by atoms with E-state index in [2.05, 4.69) is 11.9 Å². The highest BCUT2D eigenvalue weighted by molar-refractivity contribution is 6.03. The molecule has 19 heavy (non-hydrogen) atoms. The van der Waals surface area contributed by atoms with Crippen LogP contribution < -0.4 is 5.32 Å². The third kappa shape index (κ3) is 4.59. The second-order valence-electron chi connectivity index (χ2n) is 3.51. The first-order valence-corrected chi connectivity index (χ1v) is 5.58. The van der Waals surface area contributed by atoms with Gasteiger partial charge in [-0.15, -0.1) is 0 Å². The van der Waals surface area contributed by atoms with E-state index in [1.54, 1.807) is 6.08 Å². The predicted molar refractivity (Wildman–Crippen MR) is 72.0 cm³/mol. The second-order valence-corrected chi connectivity index (χ2v) is 3.51. The molecule has 0 aromatic heterocycles. The smallest absolute Gasteiger partial charge is 0.315 e. The van der Waals surface area contributed by atoms with Gasteiger partial charge in [0.15, 0.2) is 0 Å². The molecule has 5 heteroatoms. The second kappa shape index (κ2) is 7.60. The number of hydrogen-bond donors (Lipinski definition) is 1. The van der Waals surface area contributed by atoms with Crippen LogP contribution in [0.15, 0.2) is 49.2 Å². The summed E-state index contributed by atoms with van der Waals surface area (Å²) in [5, 5.41) is 2.25. The molecule has 0 saturated carbocycles. The summed E-state index contributed by atoms with van der Waals surface area (Å²) >= 11 is 0. The number of urea groups is 1. The fourth-order valence-electron chi connectivity index (χ4n) is 1.33. The highest BCUT2D eigenvalue weighted by Crippen LogP contribution is 2.02. The average molecular weight is 258 g/mol. The maximum Gasteiger partial charge on any atom is 0.328 e. The van der Waals surface area contributed by atoms with Gasteiger partial charge in [0.2, 0.25) is 0 Å². The summed E-state index contributed by atoms with van der Waals surface area (Å²) in [5.41, 5.74) is 0.825. The monoisotopic (exact) mass is 258 g/mol. The van der Waals surface area contributed by atoms with Crippen LogP contribution in [0.5, 0.6) is 0 Å². The van der Waals surface area contributed by atoms with Gasteiger partial charge in [0.05, 0.1) is 6.54 Å².